The first-order chi connectivity index (χ1) is 14.7. The zero-order valence-electron chi connectivity index (χ0n) is 18.1. The fourth-order valence-corrected chi connectivity index (χ4v) is 4.85. The Balaban J connectivity index is 1.54. The van der Waals surface area contributed by atoms with Crippen LogP contribution in [0.4, 0.5) is 5.82 Å². The van der Waals surface area contributed by atoms with E-state index < -0.39 is 0 Å². The number of ether oxygens (including phenoxy) is 1. The van der Waals surface area contributed by atoms with E-state index in [0.29, 0.717) is 17.3 Å². The van der Waals surface area contributed by atoms with Gasteiger partial charge in [0.1, 0.15) is 17.2 Å². The smallest absolute Gasteiger partial charge is 0.228 e. The summed E-state index contributed by atoms with van der Waals surface area (Å²) in [6.07, 6.45) is 5.63. The van der Waals surface area contributed by atoms with Crippen molar-refractivity contribution in [3.05, 3.63) is 41.0 Å². The topological polar surface area (TPSA) is 80.3 Å². The van der Waals surface area contributed by atoms with Crippen LogP contribution in [0.1, 0.15) is 52.0 Å². The summed E-state index contributed by atoms with van der Waals surface area (Å²) in [6.45, 7) is 5.64. The number of pyridine rings is 1. The molecule has 2 aromatic rings. The molecule has 7 heteroatoms. The molecular weight excluding hydrogens is 414 g/mol. The quantitative estimate of drug-likeness (QED) is 0.717. The summed E-state index contributed by atoms with van der Waals surface area (Å²) in [5, 5.41) is 6.42. The maximum absolute atomic E-state index is 12.9. The molecule has 31 heavy (non-hydrogen) atoms. The average molecular weight is 442 g/mol. The Labute approximate surface area is 187 Å². The molecule has 2 amide bonds. The average Bonchev–Trinajstić information content (AvgIpc) is 3.03. The largest absolute Gasteiger partial charge is 0.487 e. The Morgan fingerprint density at radius 3 is 2.81 bits per heavy atom. The summed E-state index contributed by atoms with van der Waals surface area (Å²) < 4.78 is 6.05. The number of rotatable bonds is 4. The molecule has 0 unspecified atom stereocenters. The Bertz CT molecular complexity index is 1020. The van der Waals surface area contributed by atoms with Gasteiger partial charge in [-0.15, -0.1) is 0 Å². The molecule has 2 aliphatic rings. The van der Waals surface area contributed by atoms with Crippen molar-refractivity contribution >= 4 is 29.2 Å². The second kappa shape index (κ2) is 8.50. The highest BCUT2D eigenvalue weighted by Gasteiger charge is 2.32. The van der Waals surface area contributed by atoms with Crippen molar-refractivity contribution < 1.29 is 14.3 Å². The van der Waals surface area contributed by atoms with Crippen LogP contribution >= 0.6 is 11.6 Å². The van der Waals surface area contributed by atoms with Crippen molar-refractivity contribution in [2.24, 2.45) is 5.92 Å². The molecule has 0 radical (unpaired) electrons. The second-order valence-corrected chi connectivity index (χ2v) is 9.53. The molecule has 0 spiro atoms. The van der Waals surface area contributed by atoms with Gasteiger partial charge in [-0.25, -0.2) is 4.98 Å². The minimum Gasteiger partial charge on any atom is -0.487 e. The predicted molar refractivity (Wildman–Crippen MR) is 121 cm³/mol. The van der Waals surface area contributed by atoms with Gasteiger partial charge >= 0.3 is 0 Å². The monoisotopic (exact) mass is 441 g/mol. The number of nitrogens with one attached hydrogen (secondary N) is 2. The third-order valence-electron chi connectivity index (χ3n) is 5.97. The van der Waals surface area contributed by atoms with Crippen molar-refractivity contribution in [1.29, 1.82) is 0 Å². The van der Waals surface area contributed by atoms with Gasteiger partial charge in [-0.2, -0.15) is 0 Å². The first kappa shape index (κ1) is 21.6. The number of hydrogen-bond acceptors (Lipinski definition) is 4. The van der Waals surface area contributed by atoms with Crippen LogP contribution in [-0.4, -0.2) is 28.4 Å². The fraction of sp³-hybridized carbons (Fsp3) is 0.458. The van der Waals surface area contributed by atoms with Gasteiger partial charge in [0.05, 0.1) is 5.02 Å². The lowest BCUT2D eigenvalue weighted by molar-refractivity contribution is -0.123. The van der Waals surface area contributed by atoms with Crippen molar-refractivity contribution in [2.75, 3.05) is 5.32 Å². The highest BCUT2D eigenvalue weighted by molar-refractivity contribution is 6.33. The number of amides is 2. The summed E-state index contributed by atoms with van der Waals surface area (Å²) in [4.78, 5) is 28.6. The van der Waals surface area contributed by atoms with Gasteiger partial charge in [0.25, 0.3) is 0 Å². The molecule has 2 atom stereocenters. The van der Waals surface area contributed by atoms with Gasteiger partial charge in [-0.1, -0.05) is 30.2 Å². The maximum atomic E-state index is 12.9. The molecule has 1 aromatic carbocycles. The molecule has 1 saturated carbocycles. The van der Waals surface area contributed by atoms with Gasteiger partial charge in [-0.05, 0) is 50.8 Å². The van der Waals surface area contributed by atoms with Crippen LogP contribution < -0.4 is 15.4 Å². The molecule has 1 aliphatic heterocycles. The third-order valence-corrected chi connectivity index (χ3v) is 6.27. The third kappa shape index (κ3) is 4.85. The molecular formula is C24H28ClN3O3. The van der Waals surface area contributed by atoms with E-state index in [9.17, 15) is 9.59 Å². The molecule has 4 rings (SSSR count). The maximum Gasteiger partial charge on any atom is 0.228 e. The van der Waals surface area contributed by atoms with Gasteiger partial charge < -0.3 is 15.4 Å². The predicted octanol–water partition coefficient (Wildman–Crippen LogP) is 4.75. The van der Waals surface area contributed by atoms with E-state index in [4.69, 9.17) is 16.3 Å². The number of halogens is 1. The van der Waals surface area contributed by atoms with Crippen LogP contribution in [-0.2, 0) is 16.0 Å². The Morgan fingerprint density at radius 1 is 1.23 bits per heavy atom. The first-order valence-corrected chi connectivity index (χ1v) is 11.1. The summed E-state index contributed by atoms with van der Waals surface area (Å²) >= 11 is 6.50. The van der Waals surface area contributed by atoms with E-state index in [1.165, 1.54) is 6.92 Å². The Morgan fingerprint density at radius 2 is 2.03 bits per heavy atom. The summed E-state index contributed by atoms with van der Waals surface area (Å²) in [5.74, 6) is 1.06. The molecule has 1 aromatic heterocycles. The molecule has 1 aliphatic carbocycles. The number of hydrogen-bond donors (Lipinski definition) is 2. The summed E-state index contributed by atoms with van der Waals surface area (Å²) in [5.41, 5.74) is 2.67. The van der Waals surface area contributed by atoms with Crippen LogP contribution in [0.25, 0.3) is 11.1 Å². The number of carbonyl (C=O) groups excluding carboxylic acids is 2. The van der Waals surface area contributed by atoms with Crippen LogP contribution in [0.5, 0.6) is 5.75 Å². The van der Waals surface area contributed by atoms with Crippen LogP contribution in [0.3, 0.4) is 0 Å². The Kier molecular flexibility index (Phi) is 5.93. The molecule has 0 saturated heterocycles. The molecule has 0 bridgehead atoms. The molecule has 164 valence electrons. The summed E-state index contributed by atoms with van der Waals surface area (Å²) in [7, 11) is 0. The lowest BCUT2D eigenvalue weighted by atomic mass is 9.85. The number of aromatic nitrogens is 1. The summed E-state index contributed by atoms with van der Waals surface area (Å²) in [6, 6.07) is 7.82. The van der Waals surface area contributed by atoms with E-state index in [0.717, 1.165) is 48.1 Å². The normalized spacial score (nSPS) is 21.7. The van der Waals surface area contributed by atoms with E-state index in [-0.39, 0.29) is 29.4 Å². The van der Waals surface area contributed by atoms with E-state index >= 15 is 0 Å². The van der Waals surface area contributed by atoms with Crippen molar-refractivity contribution in [1.82, 2.24) is 10.3 Å². The molecule has 1 fully saturated rings. The number of benzene rings is 1. The van der Waals surface area contributed by atoms with E-state index in [1.54, 1.807) is 6.20 Å². The van der Waals surface area contributed by atoms with E-state index in [1.807, 2.05) is 24.3 Å². The number of nitrogens with zero attached hydrogens (tertiary/aromatic N) is 1. The molecule has 2 heterocycles. The highest BCUT2D eigenvalue weighted by atomic mass is 35.5. The number of carbonyl (C=O) groups is 2. The van der Waals surface area contributed by atoms with Crippen LogP contribution in [0, 0.1) is 5.92 Å². The zero-order chi connectivity index (χ0) is 22.2. The van der Waals surface area contributed by atoms with Crippen molar-refractivity contribution in [3.8, 4) is 16.9 Å². The fourth-order valence-electron chi connectivity index (χ4n) is 4.64. The zero-order valence-corrected chi connectivity index (χ0v) is 18.9. The number of anilines is 1. The SMILES string of the molecule is CC(=O)N[C@@H]1CCC[C@H](C(=O)Nc2cc(-c3cccc4c3CC(C)(C)O4)c(Cl)cn2)C1. The lowest BCUT2D eigenvalue weighted by Gasteiger charge is -2.28. The Hall–Kier alpha value is -2.60. The van der Waals surface area contributed by atoms with Gasteiger partial charge in [0.2, 0.25) is 11.8 Å². The molecule has 2 N–H and O–H groups in total. The van der Waals surface area contributed by atoms with Crippen molar-refractivity contribution in [3.63, 3.8) is 0 Å². The second-order valence-electron chi connectivity index (χ2n) is 9.12. The van der Waals surface area contributed by atoms with Crippen LogP contribution in [0.2, 0.25) is 5.02 Å². The standard InChI is InChI=1S/C24H28ClN3O3/c1-14(29)27-16-7-4-6-15(10-16)23(30)28-22-11-18(20(25)13-26-22)17-8-5-9-21-19(17)12-24(2,3)31-21/h5,8-9,11,13,15-16H,4,6-7,10,12H2,1-3H3,(H,27,29)(H,26,28,30)/t15-,16+/m0/s1. The minimum absolute atomic E-state index is 0.0472. The minimum atomic E-state index is -0.263. The lowest BCUT2D eigenvalue weighted by Crippen LogP contribution is -2.40. The molecule has 6 nitrogen and oxygen atoms in total. The van der Waals surface area contributed by atoms with Gasteiger partial charge in [0.15, 0.2) is 0 Å². The van der Waals surface area contributed by atoms with E-state index in [2.05, 4.69) is 29.5 Å². The van der Waals surface area contributed by atoms with Gasteiger partial charge in [-0.3, -0.25) is 9.59 Å². The highest BCUT2D eigenvalue weighted by Crippen LogP contribution is 2.42. The van der Waals surface area contributed by atoms with Crippen molar-refractivity contribution in [2.45, 2.75) is 64.5 Å². The first-order valence-electron chi connectivity index (χ1n) is 10.8. The van der Waals surface area contributed by atoms with Crippen LogP contribution in [0.15, 0.2) is 30.5 Å². The van der Waals surface area contributed by atoms with Gasteiger partial charge in [0, 0.05) is 42.6 Å². The number of fused-ring (bicyclic) bond motifs is 1.